The summed E-state index contributed by atoms with van der Waals surface area (Å²) in [6.07, 6.45) is 0. The van der Waals surface area contributed by atoms with Gasteiger partial charge in [0.25, 0.3) is 5.91 Å². The van der Waals surface area contributed by atoms with Crippen LogP contribution in [0.1, 0.15) is 21.7 Å². The first kappa shape index (κ1) is 17.8. The van der Waals surface area contributed by atoms with Crippen LogP contribution in [0.2, 0.25) is 5.02 Å². The van der Waals surface area contributed by atoms with Gasteiger partial charge in [-0.1, -0.05) is 23.7 Å². The number of hydrogen-bond acceptors (Lipinski definition) is 4. The normalized spacial score (nSPS) is 10.5. The van der Waals surface area contributed by atoms with E-state index in [1.165, 1.54) is 18.2 Å². The summed E-state index contributed by atoms with van der Waals surface area (Å²) in [6, 6.07) is 12.9. The van der Waals surface area contributed by atoms with Crippen LogP contribution in [0.5, 0.6) is 0 Å². The van der Waals surface area contributed by atoms with Crippen molar-refractivity contribution in [3.8, 4) is 0 Å². The Balaban J connectivity index is 1.80. The number of nitrogens with one attached hydrogen (secondary N) is 2. The van der Waals surface area contributed by atoms with E-state index in [-0.39, 0.29) is 10.6 Å². The average Bonchev–Trinajstić information content (AvgIpc) is 2.54. The van der Waals surface area contributed by atoms with Gasteiger partial charge in [0, 0.05) is 22.8 Å². The van der Waals surface area contributed by atoms with Gasteiger partial charge in [0.1, 0.15) is 5.82 Å². The van der Waals surface area contributed by atoms with E-state index in [2.05, 4.69) is 20.6 Å². The van der Waals surface area contributed by atoms with Crippen LogP contribution in [-0.4, -0.2) is 15.9 Å². The zero-order valence-electron chi connectivity index (χ0n) is 14.2. The third-order valence-electron chi connectivity index (χ3n) is 3.55. The maximum absolute atomic E-state index is 13.9. The van der Waals surface area contributed by atoms with Gasteiger partial charge in [-0.15, -0.1) is 0 Å². The molecule has 0 aliphatic heterocycles. The quantitative estimate of drug-likeness (QED) is 0.686. The highest BCUT2D eigenvalue weighted by Crippen LogP contribution is 2.22. The van der Waals surface area contributed by atoms with Crippen LogP contribution in [0.4, 0.5) is 21.7 Å². The fourth-order valence-corrected chi connectivity index (χ4v) is 2.74. The molecular weight excluding hydrogens is 355 g/mol. The van der Waals surface area contributed by atoms with Crippen molar-refractivity contribution >= 4 is 34.8 Å². The van der Waals surface area contributed by atoms with Crippen molar-refractivity contribution in [1.82, 2.24) is 9.97 Å². The Morgan fingerprint density at radius 3 is 2.35 bits per heavy atom. The highest BCUT2D eigenvalue weighted by Gasteiger charge is 2.16. The molecule has 26 heavy (non-hydrogen) atoms. The number of carbonyl (C=O) groups is 1. The Morgan fingerprint density at radius 2 is 1.65 bits per heavy atom. The van der Waals surface area contributed by atoms with E-state index in [1.807, 2.05) is 26.0 Å². The summed E-state index contributed by atoms with van der Waals surface area (Å²) in [5.41, 5.74) is 2.68. The molecule has 7 heteroatoms. The van der Waals surface area contributed by atoms with Crippen LogP contribution in [0.3, 0.4) is 0 Å². The van der Waals surface area contributed by atoms with E-state index in [9.17, 15) is 9.18 Å². The van der Waals surface area contributed by atoms with Gasteiger partial charge in [-0.05, 0) is 50.2 Å². The highest BCUT2D eigenvalue weighted by molar-refractivity contribution is 6.34. The molecule has 0 bridgehead atoms. The van der Waals surface area contributed by atoms with Crippen molar-refractivity contribution in [3.63, 3.8) is 0 Å². The van der Waals surface area contributed by atoms with E-state index in [1.54, 1.807) is 18.2 Å². The lowest BCUT2D eigenvalue weighted by Gasteiger charge is -2.10. The lowest BCUT2D eigenvalue weighted by Crippen LogP contribution is -2.14. The molecule has 2 N–H and O–H groups in total. The van der Waals surface area contributed by atoms with Crippen LogP contribution >= 0.6 is 11.6 Å². The lowest BCUT2D eigenvalue weighted by molar-refractivity contribution is 0.102. The second kappa shape index (κ2) is 7.49. The average molecular weight is 371 g/mol. The minimum absolute atomic E-state index is 0.0559. The molecule has 5 nitrogen and oxygen atoms in total. The number of rotatable bonds is 4. The van der Waals surface area contributed by atoms with Gasteiger partial charge >= 0.3 is 0 Å². The first-order valence-corrected chi connectivity index (χ1v) is 8.25. The molecule has 132 valence electrons. The van der Waals surface area contributed by atoms with E-state index in [0.29, 0.717) is 17.3 Å². The van der Waals surface area contributed by atoms with Gasteiger partial charge in [0.2, 0.25) is 5.95 Å². The molecule has 1 heterocycles. The maximum atomic E-state index is 13.9. The smallest absolute Gasteiger partial charge is 0.260 e. The molecule has 0 atom stereocenters. The van der Waals surface area contributed by atoms with Crippen molar-refractivity contribution in [1.29, 1.82) is 0 Å². The van der Waals surface area contributed by atoms with Crippen molar-refractivity contribution in [2.75, 3.05) is 10.6 Å². The van der Waals surface area contributed by atoms with Crippen molar-refractivity contribution in [2.45, 2.75) is 13.8 Å². The van der Waals surface area contributed by atoms with E-state index in [0.717, 1.165) is 11.4 Å². The number of nitrogens with zero attached hydrogens (tertiary/aromatic N) is 2. The minimum Gasteiger partial charge on any atom is -0.324 e. The monoisotopic (exact) mass is 370 g/mol. The van der Waals surface area contributed by atoms with Gasteiger partial charge in [-0.25, -0.2) is 14.4 Å². The van der Waals surface area contributed by atoms with E-state index >= 15 is 0 Å². The Bertz CT molecular complexity index is 937. The SMILES string of the molecule is Cc1cc(C)nc(Nc2cccc(NC(=O)c3c(F)cccc3Cl)c2)n1. The summed E-state index contributed by atoms with van der Waals surface area (Å²) >= 11 is 5.93. The van der Waals surface area contributed by atoms with Crippen molar-refractivity contribution in [2.24, 2.45) is 0 Å². The molecule has 0 saturated carbocycles. The summed E-state index contributed by atoms with van der Waals surface area (Å²) in [4.78, 5) is 21.0. The molecule has 0 spiro atoms. The fraction of sp³-hybridized carbons (Fsp3) is 0.105. The van der Waals surface area contributed by atoms with Crippen LogP contribution in [0.15, 0.2) is 48.5 Å². The Hall–Kier alpha value is -2.99. The lowest BCUT2D eigenvalue weighted by atomic mass is 10.2. The Morgan fingerprint density at radius 1 is 1.00 bits per heavy atom. The first-order valence-electron chi connectivity index (χ1n) is 7.87. The summed E-state index contributed by atoms with van der Waals surface area (Å²) < 4.78 is 13.9. The third-order valence-corrected chi connectivity index (χ3v) is 3.86. The highest BCUT2D eigenvalue weighted by atomic mass is 35.5. The molecule has 0 aliphatic carbocycles. The molecule has 3 aromatic rings. The van der Waals surface area contributed by atoms with Gasteiger partial charge in [0.15, 0.2) is 0 Å². The number of anilines is 3. The van der Waals surface area contributed by atoms with Crippen LogP contribution < -0.4 is 10.6 Å². The number of hydrogen-bond donors (Lipinski definition) is 2. The van der Waals surface area contributed by atoms with Gasteiger partial charge in [-0.3, -0.25) is 4.79 Å². The van der Waals surface area contributed by atoms with Gasteiger partial charge in [-0.2, -0.15) is 0 Å². The predicted octanol–water partition coefficient (Wildman–Crippen LogP) is 4.88. The van der Waals surface area contributed by atoms with Crippen molar-refractivity contribution < 1.29 is 9.18 Å². The number of aryl methyl sites for hydroxylation is 2. The largest absolute Gasteiger partial charge is 0.324 e. The van der Waals surface area contributed by atoms with Crippen molar-refractivity contribution in [3.05, 3.63) is 76.3 Å². The number of benzene rings is 2. The maximum Gasteiger partial charge on any atom is 0.260 e. The Kier molecular flexibility index (Phi) is 5.14. The molecule has 0 radical (unpaired) electrons. The molecule has 1 aromatic heterocycles. The summed E-state index contributed by atoms with van der Waals surface area (Å²) in [5.74, 6) is -0.830. The van der Waals surface area contributed by atoms with Crippen LogP contribution in [0.25, 0.3) is 0 Å². The van der Waals surface area contributed by atoms with Gasteiger partial charge in [0.05, 0.1) is 10.6 Å². The second-order valence-electron chi connectivity index (χ2n) is 5.73. The summed E-state index contributed by atoms with van der Waals surface area (Å²) in [5, 5.41) is 5.79. The third kappa shape index (κ3) is 4.15. The zero-order chi connectivity index (χ0) is 18.7. The fourth-order valence-electron chi connectivity index (χ4n) is 2.49. The first-order chi connectivity index (χ1) is 12.4. The minimum atomic E-state index is -0.673. The molecular formula is C19H16ClFN4O. The number of halogens is 2. The number of carbonyl (C=O) groups excluding carboxylic acids is 1. The molecule has 0 unspecified atom stereocenters. The summed E-state index contributed by atoms with van der Waals surface area (Å²) in [6.45, 7) is 3.77. The molecule has 2 aromatic carbocycles. The van der Waals surface area contributed by atoms with Crippen LogP contribution in [-0.2, 0) is 0 Å². The summed E-state index contributed by atoms with van der Waals surface area (Å²) in [7, 11) is 0. The second-order valence-corrected chi connectivity index (χ2v) is 6.14. The molecule has 0 fully saturated rings. The van der Waals surface area contributed by atoms with E-state index < -0.39 is 11.7 Å². The van der Waals surface area contributed by atoms with E-state index in [4.69, 9.17) is 11.6 Å². The zero-order valence-corrected chi connectivity index (χ0v) is 14.9. The standard InChI is InChI=1S/C19H16ClFN4O/c1-11-9-12(2)23-19(22-11)25-14-6-3-5-13(10-14)24-18(26)17-15(20)7-4-8-16(17)21/h3-10H,1-2H3,(H,24,26)(H,22,23,25). The Labute approximate surface area is 155 Å². The predicted molar refractivity (Wildman–Crippen MR) is 101 cm³/mol. The topological polar surface area (TPSA) is 66.9 Å². The number of aromatic nitrogens is 2. The molecule has 0 saturated heterocycles. The molecule has 3 rings (SSSR count). The van der Waals surface area contributed by atoms with Gasteiger partial charge < -0.3 is 10.6 Å². The molecule has 1 amide bonds. The van der Waals surface area contributed by atoms with Crippen LogP contribution in [0, 0.1) is 19.7 Å². The molecule has 0 aliphatic rings. The number of amides is 1.